The second-order valence-corrected chi connectivity index (χ2v) is 13.9. The number of nitrogens with one attached hydrogen (secondary N) is 2. The Bertz CT molecular complexity index is 1560. The van der Waals surface area contributed by atoms with Crippen molar-refractivity contribution in [3.05, 3.63) is 89.5 Å². The lowest BCUT2D eigenvalue weighted by molar-refractivity contribution is 0.0691. The molecule has 0 saturated carbocycles. The summed E-state index contributed by atoms with van der Waals surface area (Å²) in [6.45, 7) is 10.2. The minimum Gasteiger partial charge on any atom is -0.350 e. The Kier molecular flexibility index (Phi) is 8.91. The summed E-state index contributed by atoms with van der Waals surface area (Å²) in [6.07, 6.45) is 6.11. The normalized spacial score (nSPS) is 15.4. The van der Waals surface area contributed by atoms with Gasteiger partial charge in [-0.25, -0.2) is 23.7 Å². The number of hydrogen-bond donors (Lipinski definition) is 2. The zero-order valence-electron chi connectivity index (χ0n) is 24.1. The van der Waals surface area contributed by atoms with Crippen LogP contribution >= 0.6 is 23.1 Å². The van der Waals surface area contributed by atoms with Crippen molar-refractivity contribution in [1.82, 2.24) is 25.2 Å². The predicted molar refractivity (Wildman–Crippen MR) is 164 cm³/mol. The third-order valence-electron chi connectivity index (χ3n) is 7.62. The number of benzene rings is 1. The van der Waals surface area contributed by atoms with Gasteiger partial charge in [0.25, 0.3) is 5.91 Å². The van der Waals surface area contributed by atoms with Crippen molar-refractivity contribution in [2.75, 3.05) is 25.0 Å². The first-order valence-electron chi connectivity index (χ1n) is 13.8. The van der Waals surface area contributed by atoms with Crippen LogP contribution in [0.3, 0.4) is 0 Å². The molecule has 1 aromatic carbocycles. The Morgan fingerprint density at radius 3 is 2.52 bits per heavy atom. The van der Waals surface area contributed by atoms with Gasteiger partial charge in [-0.3, -0.25) is 9.69 Å². The van der Waals surface area contributed by atoms with E-state index < -0.39 is 17.1 Å². The molecule has 1 aliphatic heterocycles. The lowest BCUT2D eigenvalue weighted by Gasteiger charge is -2.47. The molecule has 1 saturated heterocycles. The SMILES string of the molecule is Cc1ccnc(Nc2ncc(Sc3ccnc(C(=O)NCC4(c5ccccc5F)CCN(C(C)(C)C)CC4)c3F)s2)c1. The molecule has 0 bridgehead atoms. The van der Waals surface area contributed by atoms with E-state index in [-0.39, 0.29) is 28.5 Å². The molecule has 2 N–H and O–H groups in total. The van der Waals surface area contributed by atoms with Crippen molar-refractivity contribution in [1.29, 1.82) is 0 Å². The topological polar surface area (TPSA) is 83.0 Å². The van der Waals surface area contributed by atoms with Crippen LogP contribution in [-0.4, -0.2) is 50.9 Å². The largest absolute Gasteiger partial charge is 0.350 e. The van der Waals surface area contributed by atoms with Gasteiger partial charge in [0, 0.05) is 29.9 Å². The van der Waals surface area contributed by atoms with Crippen LogP contribution < -0.4 is 10.6 Å². The fraction of sp³-hybridized carbons (Fsp3) is 0.355. The highest BCUT2D eigenvalue weighted by molar-refractivity contribution is 8.01. The summed E-state index contributed by atoms with van der Waals surface area (Å²) in [5.41, 5.74) is 0.736. The molecule has 0 unspecified atom stereocenters. The van der Waals surface area contributed by atoms with Crippen LogP contribution in [0.2, 0.25) is 0 Å². The van der Waals surface area contributed by atoms with Crippen LogP contribution in [-0.2, 0) is 5.41 Å². The standard InChI is InChI=1S/C31H34F2N6OS2/c1-20-9-13-34-24(17-20)38-29-36-18-25(42-29)41-23-10-14-35-27(26(23)33)28(40)37-19-31(21-7-5-6-8-22(21)32)11-15-39(16-12-31)30(2,3)4/h5-10,13-14,17-18H,11-12,15-16,19H2,1-4H3,(H,37,40)(H,34,36,38). The van der Waals surface area contributed by atoms with Gasteiger partial charge in [-0.15, -0.1) is 0 Å². The molecular formula is C31H34F2N6OS2. The number of thiazole rings is 1. The van der Waals surface area contributed by atoms with Crippen molar-refractivity contribution in [3.8, 4) is 0 Å². The number of halogens is 2. The number of nitrogens with zero attached hydrogens (tertiary/aromatic N) is 4. The number of anilines is 2. The number of rotatable bonds is 8. The van der Waals surface area contributed by atoms with Crippen LogP contribution in [0.5, 0.6) is 0 Å². The molecular weight excluding hydrogens is 575 g/mol. The smallest absolute Gasteiger partial charge is 0.273 e. The fourth-order valence-corrected chi connectivity index (χ4v) is 7.09. The Morgan fingerprint density at radius 2 is 1.81 bits per heavy atom. The van der Waals surface area contributed by atoms with Crippen molar-refractivity contribution in [2.45, 2.75) is 60.6 Å². The molecule has 42 heavy (non-hydrogen) atoms. The number of aryl methyl sites for hydroxylation is 1. The lowest BCUT2D eigenvalue weighted by Crippen LogP contribution is -2.53. The molecule has 11 heteroatoms. The monoisotopic (exact) mass is 608 g/mol. The lowest BCUT2D eigenvalue weighted by atomic mass is 9.71. The van der Waals surface area contributed by atoms with E-state index in [0.29, 0.717) is 29.4 Å². The minimum absolute atomic E-state index is 0.0117. The van der Waals surface area contributed by atoms with Crippen molar-refractivity contribution >= 4 is 40.0 Å². The van der Waals surface area contributed by atoms with Gasteiger partial charge < -0.3 is 10.6 Å². The molecule has 4 aromatic rings. The molecule has 0 aliphatic carbocycles. The zero-order valence-corrected chi connectivity index (χ0v) is 25.7. The fourth-order valence-electron chi connectivity index (χ4n) is 5.22. The molecule has 1 aliphatic rings. The summed E-state index contributed by atoms with van der Waals surface area (Å²) >= 11 is 2.53. The molecule has 5 rings (SSSR count). The highest BCUT2D eigenvalue weighted by Crippen LogP contribution is 2.39. The third-order valence-corrected chi connectivity index (χ3v) is 9.67. The van der Waals surface area contributed by atoms with Gasteiger partial charge >= 0.3 is 0 Å². The highest BCUT2D eigenvalue weighted by atomic mass is 32.2. The summed E-state index contributed by atoms with van der Waals surface area (Å²) < 4.78 is 31.4. The third kappa shape index (κ3) is 6.79. The Balaban J connectivity index is 1.30. The average Bonchev–Trinajstić information content (AvgIpc) is 3.39. The highest BCUT2D eigenvalue weighted by Gasteiger charge is 2.40. The molecule has 3 aromatic heterocycles. The molecule has 1 amide bonds. The van der Waals surface area contributed by atoms with E-state index in [4.69, 9.17) is 0 Å². The number of pyridine rings is 2. The number of aromatic nitrogens is 3. The van der Waals surface area contributed by atoms with Gasteiger partial charge in [0.05, 0.1) is 15.3 Å². The summed E-state index contributed by atoms with van der Waals surface area (Å²) in [5, 5.41) is 6.68. The van der Waals surface area contributed by atoms with E-state index in [1.807, 2.05) is 25.1 Å². The van der Waals surface area contributed by atoms with Crippen molar-refractivity contribution in [2.24, 2.45) is 0 Å². The minimum atomic E-state index is -0.703. The zero-order chi connectivity index (χ0) is 29.9. The Hall–Kier alpha value is -3.41. The van der Waals surface area contributed by atoms with Gasteiger partial charge in [0.15, 0.2) is 16.6 Å². The Labute approximate surface area is 253 Å². The van der Waals surface area contributed by atoms with E-state index in [9.17, 15) is 4.79 Å². The van der Waals surface area contributed by atoms with Gasteiger partial charge in [0.1, 0.15) is 11.6 Å². The average molecular weight is 609 g/mol. The van der Waals surface area contributed by atoms with Gasteiger partial charge in [0.2, 0.25) is 0 Å². The Morgan fingerprint density at radius 1 is 1.07 bits per heavy atom. The second kappa shape index (κ2) is 12.4. The van der Waals surface area contributed by atoms with E-state index in [1.165, 1.54) is 41.4 Å². The second-order valence-electron chi connectivity index (χ2n) is 11.5. The summed E-state index contributed by atoms with van der Waals surface area (Å²) in [4.78, 5) is 28.6. The van der Waals surface area contributed by atoms with Crippen LogP contribution in [0.25, 0.3) is 0 Å². The molecule has 0 spiro atoms. The molecule has 1 fully saturated rings. The summed E-state index contributed by atoms with van der Waals surface area (Å²) in [7, 11) is 0. The molecule has 0 radical (unpaired) electrons. The quantitative estimate of drug-likeness (QED) is 0.223. The molecule has 220 valence electrons. The molecule has 4 heterocycles. The van der Waals surface area contributed by atoms with Crippen LogP contribution in [0.15, 0.2) is 70.2 Å². The van der Waals surface area contributed by atoms with E-state index >= 15 is 8.78 Å². The first kappa shape index (κ1) is 30.1. The van der Waals surface area contributed by atoms with E-state index in [2.05, 4.69) is 51.3 Å². The number of likely N-dealkylation sites (tertiary alicyclic amines) is 1. The van der Waals surface area contributed by atoms with Crippen molar-refractivity contribution in [3.63, 3.8) is 0 Å². The van der Waals surface area contributed by atoms with Crippen molar-refractivity contribution < 1.29 is 13.6 Å². The van der Waals surface area contributed by atoms with Crippen LogP contribution in [0, 0.1) is 18.6 Å². The number of hydrogen-bond acceptors (Lipinski definition) is 8. The predicted octanol–water partition coefficient (Wildman–Crippen LogP) is 6.98. The maximum Gasteiger partial charge on any atom is 0.273 e. The number of piperidine rings is 1. The number of amides is 1. The first-order chi connectivity index (χ1) is 20.0. The maximum absolute atomic E-state index is 15.6. The number of carbonyl (C=O) groups excluding carboxylic acids is 1. The molecule has 0 atom stereocenters. The number of carbonyl (C=O) groups is 1. The first-order valence-corrected chi connectivity index (χ1v) is 15.4. The van der Waals surface area contributed by atoms with Gasteiger partial charge in [-0.2, -0.15) is 0 Å². The van der Waals surface area contributed by atoms with Gasteiger partial charge in [-0.1, -0.05) is 41.3 Å². The van der Waals surface area contributed by atoms with E-state index in [0.717, 1.165) is 22.9 Å². The van der Waals surface area contributed by atoms with E-state index in [1.54, 1.807) is 24.5 Å². The maximum atomic E-state index is 15.6. The van der Waals surface area contributed by atoms with Gasteiger partial charge in [-0.05, 0) is 89.0 Å². The molecule has 7 nitrogen and oxygen atoms in total. The van der Waals surface area contributed by atoms with Crippen LogP contribution in [0.1, 0.15) is 55.2 Å². The van der Waals surface area contributed by atoms with Crippen LogP contribution in [0.4, 0.5) is 19.7 Å². The summed E-state index contributed by atoms with van der Waals surface area (Å²) in [5.74, 6) is -0.950. The summed E-state index contributed by atoms with van der Waals surface area (Å²) in [6, 6.07) is 12.1.